The summed E-state index contributed by atoms with van der Waals surface area (Å²) in [5.74, 6) is 1.61. The summed E-state index contributed by atoms with van der Waals surface area (Å²) in [6.45, 7) is 5.00. The number of hydrogen-bond donors (Lipinski definition) is 1. The first-order valence-electron chi connectivity index (χ1n) is 5.59. The summed E-state index contributed by atoms with van der Waals surface area (Å²) in [5.41, 5.74) is 1.98. The summed E-state index contributed by atoms with van der Waals surface area (Å²) in [5, 5.41) is 3.26. The third-order valence-electron chi connectivity index (χ3n) is 2.38. The molecule has 2 heterocycles. The van der Waals surface area contributed by atoms with E-state index in [0.29, 0.717) is 5.82 Å². The molecule has 0 amide bonds. The molecule has 0 fully saturated rings. The first-order valence-corrected chi connectivity index (χ1v) is 6.67. The molecular weight excluding hydrogens is 329 g/mol. The molecule has 1 N–H and O–H groups in total. The van der Waals surface area contributed by atoms with Crippen LogP contribution in [0.3, 0.4) is 0 Å². The van der Waals surface area contributed by atoms with E-state index in [-0.39, 0.29) is 0 Å². The van der Waals surface area contributed by atoms with Gasteiger partial charge in [-0.1, -0.05) is 6.92 Å². The highest BCUT2D eigenvalue weighted by Crippen LogP contribution is 2.24. The predicted molar refractivity (Wildman–Crippen MR) is 76.0 cm³/mol. The number of nitrogens with zero attached hydrogens (tertiary/aromatic N) is 2. The molecule has 0 bridgehead atoms. The molecule has 5 heteroatoms. The SMILES string of the molecule is CCNc1nc(-c2ccoc2)nc(CC)c1I. The minimum Gasteiger partial charge on any atom is -0.472 e. The maximum Gasteiger partial charge on any atom is 0.165 e. The van der Waals surface area contributed by atoms with Gasteiger partial charge < -0.3 is 9.73 Å². The fourth-order valence-electron chi connectivity index (χ4n) is 1.53. The molecular formula is C12H14IN3O. The zero-order valence-electron chi connectivity index (χ0n) is 9.83. The number of aromatic nitrogens is 2. The van der Waals surface area contributed by atoms with Gasteiger partial charge in [-0.05, 0) is 42.0 Å². The van der Waals surface area contributed by atoms with Gasteiger partial charge >= 0.3 is 0 Å². The van der Waals surface area contributed by atoms with Crippen molar-refractivity contribution in [2.24, 2.45) is 0 Å². The van der Waals surface area contributed by atoms with Gasteiger partial charge in [-0.3, -0.25) is 0 Å². The Hall–Kier alpha value is -1.11. The second kappa shape index (κ2) is 5.48. The van der Waals surface area contributed by atoms with E-state index in [1.54, 1.807) is 12.5 Å². The van der Waals surface area contributed by atoms with Crippen LogP contribution in [0.4, 0.5) is 5.82 Å². The molecule has 0 radical (unpaired) electrons. The van der Waals surface area contributed by atoms with E-state index < -0.39 is 0 Å². The third kappa shape index (κ3) is 2.59. The molecule has 4 nitrogen and oxygen atoms in total. The topological polar surface area (TPSA) is 51.0 Å². The number of aryl methyl sites for hydroxylation is 1. The Morgan fingerprint density at radius 1 is 1.35 bits per heavy atom. The molecule has 0 atom stereocenters. The average molecular weight is 343 g/mol. The van der Waals surface area contributed by atoms with E-state index in [1.165, 1.54) is 0 Å². The van der Waals surface area contributed by atoms with Crippen LogP contribution < -0.4 is 5.32 Å². The van der Waals surface area contributed by atoms with Gasteiger partial charge in [-0.15, -0.1) is 0 Å². The molecule has 90 valence electrons. The molecule has 0 saturated heterocycles. The summed E-state index contributed by atoms with van der Waals surface area (Å²) in [7, 11) is 0. The molecule has 2 aromatic heterocycles. The van der Waals surface area contributed by atoms with E-state index in [2.05, 4.69) is 51.7 Å². The third-order valence-corrected chi connectivity index (χ3v) is 3.51. The van der Waals surface area contributed by atoms with Crippen LogP contribution >= 0.6 is 22.6 Å². The van der Waals surface area contributed by atoms with Crippen molar-refractivity contribution >= 4 is 28.4 Å². The van der Waals surface area contributed by atoms with Gasteiger partial charge in [0.25, 0.3) is 0 Å². The Bertz CT molecular complexity index is 497. The Balaban J connectivity index is 2.50. The van der Waals surface area contributed by atoms with Gasteiger partial charge in [0.15, 0.2) is 5.82 Å². The maximum absolute atomic E-state index is 5.07. The Morgan fingerprint density at radius 3 is 2.76 bits per heavy atom. The van der Waals surface area contributed by atoms with Gasteiger partial charge in [0.05, 0.1) is 21.1 Å². The van der Waals surface area contributed by atoms with Crippen LogP contribution in [-0.4, -0.2) is 16.5 Å². The van der Waals surface area contributed by atoms with Crippen LogP contribution in [0.2, 0.25) is 0 Å². The Kier molecular flexibility index (Phi) is 3.98. The number of halogens is 1. The normalized spacial score (nSPS) is 10.5. The lowest BCUT2D eigenvalue weighted by Gasteiger charge is -2.10. The molecule has 0 aliphatic rings. The monoisotopic (exact) mass is 343 g/mol. The predicted octanol–water partition coefficient (Wildman–Crippen LogP) is 3.34. The Morgan fingerprint density at radius 2 is 2.18 bits per heavy atom. The minimum atomic E-state index is 0.715. The van der Waals surface area contributed by atoms with Gasteiger partial charge in [0.1, 0.15) is 12.1 Å². The van der Waals surface area contributed by atoms with Crippen molar-refractivity contribution in [3.8, 4) is 11.4 Å². The Labute approximate surface area is 114 Å². The lowest BCUT2D eigenvalue weighted by atomic mass is 10.2. The van der Waals surface area contributed by atoms with Gasteiger partial charge in [0, 0.05) is 6.54 Å². The zero-order chi connectivity index (χ0) is 12.3. The highest BCUT2D eigenvalue weighted by molar-refractivity contribution is 14.1. The number of anilines is 1. The van der Waals surface area contributed by atoms with Gasteiger partial charge in [-0.25, -0.2) is 9.97 Å². The van der Waals surface area contributed by atoms with Crippen molar-refractivity contribution in [2.75, 3.05) is 11.9 Å². The van der Waals surface area contributed by atoms with Crippen LogP contribution in [-0.2, 0) is 6.42 Å². The van der Waals surface area contributed by atoms with Gasteiger partial charge in [0.2, 0.25) is 0 Å². The zero-order valence-corrected chi connectivity index (χ0v) is 12.0. The highest BCUT2D eigenvalue weighted by Gasteiger charge is 2.12. The summed E-state index contributed by atoms with van der Waals surface area (Å²) < 4.78 is 6.17. The lowest BCUT2D eigenvalue weighted by Crippen LogP contribution is -2.07. The maximum atomic E-state index is 5.07. The van der Waals surface area contributed by atoms with Crippen LogP contribution in [0.25, 0.3) is 11.4 Å². The average Bonchev–Trinajstić information content (AvgIpc) is 2.85. The lowest BCUT2D eigenvalue weighted by molar-refractivity contribution is 0.568. The second-order valence-corrected chi connectivity index (χ2v) is 4.63. The van der Waals surface area contributed by atoms with Crippen molar-refractivity contribution in [3.05, 3.63) is 27.9 Å². The fourth-order valence-corrected chi connectivity index (χ4v) is 2.35. The molecule has 0 saturated carbocycles. The highest BCUT2D eigenvalue weighted by atomic mass is 127. The number of hydrogen-bond acceptors (Lipinski definition) is 4. The quantitative estimate of drug-likeness (QED) is 0.866. The van der Waals surface area contributed by atoms with Crippen molar-refractivity contribution in [2.45, 2.75) is 20.3 Å². The van der Waals surface area contributed by atoms with E-state index >= 15 is 0 Å². The number of nitrogens with one attached hydrogen (secondary N) is 1. The molecule has 17 heavy (non-hydrogen) atoms. The molecule has 0 aliphatic heterocycles. The van der Waals surface area contributed by atoms with E-state index in [4.69, 9.17) is 4.42 Å². The van der Waals surface area contributed by atoms with Crippen LogP contribution in [0.1, 0.15) is 19.5 Å². The molecule has 2 aromatic rings. The number of rotatable bonds is 4. The van der Waals surface area contributed by atoms with Crippen molar-refractivity contribution in [1.82, 2.24) is 9.97 Å². The first kappa shape index (κ1) is 12.3. The molecule has 0 spiro atoms. The van der Waals surface area contributed by atoms with Crippen molar-refractivity contribution in [1.29, 1.82) is 0 Å². The largest absolute Gasteiger partial charge is 0.472 e. The summed E-state index contributed by atoms with van der Waals surface area (Å²) in [4.78, 5) is 9.08. The van der Waals surface area contributed by atoms with E-state index in [0.717, 1.165) is 33.6 Å². The molecule has 0 aliphatic carbocycles. The molecule has 0 aromatic carbocycles. The summed E-state index contributed by atoms with van der Waals surface area (Å²) in [6, 6.07) is 1.87. The van der Waals surface area contributed by atoms with E-state index in [1.807, 2.05) is 6.07 Å². The molecule has 2 rings (SSSR count). The fraction of sp³-hybridized carbons (Fsp3) is 0.333. The van der Waals surface area contributed by atoms with Crippen LogP contribution in [0.15, 0.2) is 23.0 Å². The second-order valence-electron chi connectivity index (χ2n) is 3.55. The van der Waals surface area contributed by atoms with Gasteiger partial charge in [-0.2, -0.15) is 0 Å². The molecule has 0 unspecified atom stereocenters. The van der Waals surface area contributed by atoms with Crippen LogP contribution in [0, 0.1) is 3.57 Å². The number of furan rings is 1. The summed E-state index contributed by atoms with van der Waals surface area (Å²) >= 11 is 2.29. The minimum absolute atomic E-state index is 0.715. The van der Waals surface area contributed by atoms with Crippen molar-refractivity contribution < 1.29 is 4.42 Å². The van der Waals surface area contributed by atoms with Crippen LogP contribution in [0.5, 0.6) is 0 Å². The smallest absolute Gasteiger partial charge is 0.165 e. The summed E-state index contributed by atoms with van der Waals surface area (Å²) in [6.07, 6.45) is 4.19. The standard InChI is InChI=1S/C12H14IN3O/c1-3-9-10(13)12(14-4-2)16-11(15-9)8-5-6-17-7-8/h5-7H,3-4H2,1-2H3,(H,14,15,16). The van der Waals surface area contributed by atoms with E-state index in [9.17, 15) is 0 Å². The van der Waals surface area contributed by atoms with Crippen molar-refractivity contribution in [3.63, 3.8) is 0 Å². The first-order chi connectivity index (χ1) is 8.26.